The summed E-state index contributed by atoms with van der Waals surface area (Å²) in [6.45, 7) is 0. The minimum atomic E-state index is -4.08. The number of aromatic nitrogens is 1. The molecule has 4 N–H and O–H groups in total. The van der Waals surface area contributed by atoms with Crippen LogP contribution in [0.3, 0.4) is 0 Å². The van der Waals surface area contributed by atoms with Gasteiger partial charge in [0, 0.05) is 12.4 Å². The zero-order chi connectivity index (χ0) is 25.5. The molecule has 1 heterocycles. The molecule has 1 amide bonds. The molecule has 11 heteroatoms. The minimum Gasteiger partial charge on any atom is -0.457 e. The van der Waals surface area contributed by atoms with E-state index in [1.807, 2.05) is 6.07 Å². The normalized spacial score (nSPS) is 15.1. The quantitative estimate of drug-likeness (QED) is 0.274. The number of nitrogens with zero attached hydrogens (tertiary/aromatic N) is 1. The highest BCUT2D eigenvalue weighted by atomic mass is 32.2. The van der Waals surface area contributed by atoms with Crippen LogP contribution in [0.4, 0.5) is 0 Å². The van der Waals surface area contributed by atoms with Crippen LogP contribution in [0.1, 0.15) is 24.8 Å². The third-order valence-corrected chi connectivity index (χ3v) is 7.38. The van der Waals surface area contributed by atoms with Crippen LogP contribution in [0.2, 0.25) is 0 Å². The first-order valence-electron chi connectivity index (χ1n) is 11.7. The molecule has 1 aromatic heterocycles. The third-order valence-electron chi connectivity index (χ3n) is 5.89. The van der Waals surface area contributed by atoms with Gasteiger partial charge in [-0.05, 0) is 60.7 Å². The molecule has 9 nitrogen and oxygen atoms in total. The molecule has 0 bridgehead atoms. The maximum atomic E-state index is 13.2. The lowest BCUT2D eigenvalue weighted by molar-refractivity contribution is -0.123. The van der Waals surface area contributed by atoms with Crippen molar-refractivity contribution in [1.82, 2.24) is 15.0 Å². The predicted molar refractivity (Wildman–Crippen MR) is 134 cm³/mol. The number of hydrogen-bond acceptors (Lipinski definition) is 7. The van der Waals surface area contributed by atoms with Crippen molar-refractivity contribution in [2.75, 3.05) is 0 Å². The van der Waals surface area contributed by atoms with Crippen molar-refractivity contribution < 1.29 is 28.0 Å². The zero-order valence-corrected chi connectivity index (χ0v) is 20.3. The number of amides is 1. The number of carbonyl (C=O) groups excluding carboxylic acids is 1. The van der Waals surface area contributed by atoms with Crippen molar-refractivity contribution in [2.45, 2.75) is 42.6 Å². The van der Waals surface area contributed by atoms with E-state index in [4.69, 9.17) is 4.74 Å². The molecule has 4 rings (SSSR count). The van der Waals surface area contributed by atoms with Crippen LogP contribution in [0.5, 0.6) is 11.5 Å². The highest BCUT2D eigenvalue weighted by Gasteiger charge is 2.35. The van der Waals surface area contributed by atoms with E-state index in [0.29, 0.717) is 23.8 Å². The van der Waals surface area contributed by atoms with Crippen LogP contribution in [-0.4, -0.2) is 48.5 Å². The van der Waals surface area contributed by atoms with Crippen molar-refractivity contribution >= 4 is 23.0 Å². The maximum absolute atomic E-state index is 13.2. The summed E-state index contributed by atoms with van der Waals surface area (Å²) in [6.07, 6.45) is 5.63. The summed E-state index contributed by atoms with van der Waals surface area (Å²) >= 11 is 0. The molecule has 1 saturated carbocycles. The smallest absolute Gasteiger partial charge is 0.457 e. The Balaban J connectivity index is 1.50. The van der Waals surface area contributed by atoms with Crippen molar-refractivity contribution in [3.05, 3.63) is 84.7 Å². The second-order valence-electron chi connectivity index (χ2n) is 8.83. The van der Waals surface area contributed by atoms with Crippen LogP contribution in [-0.2, 0) is 21.2 Å². The lowest BCUT2D eigenvalue weighted by atomic mass is 9.76. The van der Waals surface area contributed by atoms with E-state index in [1.54, 1.807) is 48.8 Å². The number of sulfonamides is 1. The first kappa shape index (κ1) is 25.8. The van der Waals surface area contributed by atoms with E-state index in [2.05, 4.69) is 15.0 Å². The Kier molecular flexibility index (Phi) is 8.37. The number of rotatable bonds is 12. The summed E-state index contributed by atoms with van der Waals surface area (Å²) in [5, 5.41) is 22.1. The lowest BCUT2D eigenvalue weighted by Crippen LogP contribution is -2.54. The highest BCUT2D eigenvalue weighted by Crippen LogP contribution is 2.33. The Morgan fingerprint density at radius 2 is 1.64 bits per heavy atom. The molecule has 1 aliphatic rings. The van der Waals surface area contributed by atoms with Gasteiger partial charge in [0.15, 0.2) is 0 Å². The molecule has 1 aliphatic carbocycles. The van der Waals surface area contributed by atoms with E-state index >= 15 is 0 Å². The highest BCUT2D eigenvalue weighted by molar-refractivity contribution is 7.89. The van der Waals surface area contributed by atoms with Gasteiger partial charge >= 0.3 is 7.12 Å². The molecule has 0 unspecified atom stereocenters. The average molecular weight is 509 g/mol. The number of nitrogens with one attached hydrogen (secondary N) is 2. The summed E-state index contributed by atoms with van der Waals surface area (Å²) in [5.41, 5.74) is 0.754. The topological polar surface area (TPSA) is 138 Å². The molecule has 36 heavy (non-hydrogen) atoms. The molecular formula is C25H28BN3O6S. The Morgan fingerprint density at radius 1 is 1.00 bits per heavy atom. The number of benzene rings is 2. The van der Waals surface area contributed by atoms with Crippen molar-refractivity contribution in [1.29, 1.82) is 0 Å². The van der Waals surface area contributed by atoms with Gasteiger partial charge in [-0.25, -0.2) is 8.42 Å². The molecular weight excluding hydrogens is 481 g/mol. The molecule has 0 aliphatic heterocycles. The molecule has 2 atom stereocenters. The maximum Gasteiger partial charge on any atom is 0.475 e. The Labute approximate surface area is 210 Å². The van der Waals surface area contributed by atoms with Gasteiger partial charge in [-0.15, -0.1) is 0 Å². The van der Waals surface area contributed by atoms with Crippen LogP contribution in [0.15, 0.2) is 84.0 Å². The van der Waals surface area contributed by atoms with Gasteiger partial charge in [0.2, 0.25) is 15.9 Å². The monoisotopic (exact) mass is 509 g/mol. The van der Waals surface area contributed by atoms with Crippen molar-refractivity contribution in [2.24, 2.45) is 5.92 Å². The lowest BCUT2D eigenvalue weighted by Gasteiger charge is -2.23. The second kappa shape index (κ2) is 11.7. The molecule has 0 saturated heterocycles. The van der Waals surface area contributed by atoms with Crippen molar-refractivity contribution in [3.8, 4) is 11.5 Å². The predicted octanol–water partition coefficient (Wildman–Crippen LogP) is 2.06. The fourth-order valence-corrected chi connectivity index (χ4v) is 4.97. The summed E-state index contributed by atoms with van der Waals surface area (Å²) in [7, 11) is -5.82. The van der Waals surface area contributed by atoms with Crippen LogP contribution >= 0.6 is 0 Å². The fraction of sp³-hybridized carbons (Fsp3) is 0.280. The molecule has 0 spiro atoms. The van der Waals surface area contributed by atoms with Gasteiger partial charge in [0.05, 0.1) is 10.8 Å². The Bertz CT molecular complexity index is 1240. The first-order chi connectivity index (χ1) is 17.3. The fourth-order valence-electron chi connectivity index (χ4n) is 3.77. The summed E-state index contributed by atoms with van der Waals surface area (Å²) in [5.74, 6) is -0.172. The van der Waals surface area contributed by atoms with Gasteiger partial charge in [-0.2, -0.15) is 4.72 Å². The van der Waals surface area contributed by atoms with Crippen LogP contribution < -0.4 is 14.8 Å². The van der Waals surface area contributed by atoms with Crippen LogP contribution in [0, 0.1) is 5.92 Å². The van der Waals surface area contributed by atoms with E-state index in [0.717, 1.165) is 18.4 Å². The van der Waals surface area contributed by atoms with Gasteiger partial charge in [0.1, 0.15) is 17.5 Å². The molecule has 3 aromatic rings. The SMILES string of the molecule is O=C(N[C@@H](CC1CC1)B(O)O)[C@H](Cc1ccccc1)NS(=O)(=O)c1ccc(Oc2ccncc2)cc1. The third kappa shape index (κ3) is 7.38. The zero-order valence-electron chi connectivity index (χ0n) is 19.5. The first-order valence-corrected chi connectivity index (χ1v) is 13.2. The van der Waals surface area contributed by atoms with E-state index in [9.17, 15) is 23.3 Å². The number of pyridine rings is 1. The molecule has 2 aromatic carbocycles. The number of ether oxygens (including phenoxy) is 1. The Morgan fingerprint density at radius 3 is 2.25 bits per heavy atom. The second-order valence-corrected chi connectivity index (χ2v) is 10.5. The molecule has 188 valence electrons. The molecule has 1 fully saturated rings. The van der Waals surface area contributed by atoms with Gasteiger partial charge in [-0.1, -0.05) is 43.2 Å². The van der Waals surface area contributed by atoms with Gasteiger partial charge in [-0.3, -0.25) is 9.78 Å². The van der Waals surface area contributed by atoms with Gasteiger partial charge in [0.25, 0.3) is 0 Å². The minimum absolute atomic E-state index is 0.0350. The van der Waals surface area contributed by atoms with Crippen LogP contribution in [0.25, 0.3) is 0 Å². The van der Waals surface area contributed by atoms with Gasteiger partial charge < -0.3 is 20.1 Å². The number of carbonyl (C=O) groups is 1. The van der Waals surface area contributed by atoms with Crippen molar-refractivity contribution in [3.63, 3.8) is 0 Å². The molecule has 0 radical (unpaired) electrons. The summed E-state index contributed by atoms with van der Waals surface area (Å²) in [6, 6.07) is 17.0. The standard InChI is InChI=1S/C25H28BN3O6S/c30-25(28-24(26(31)32)17-19-6-7-19)23(16-18-4-2-1-3-5-18)29-36(33,34)22-10-8-20(9-11-22)35-21-12-14-27-15-13-21/h1-5,8-15,19,23-24,29,31-32H,6-7,16-17H2,(H,28,30)/t23-,24-/m0/s1. The Hall–Kier alpha value is -3.25. The summed E-state index contributed by atoms with van der Waals surface area (Å²) < 4.78 is 34.5. The van der Waals surface area contributed by atoms with E-state index < -0.39 is 35.0 Å². The van der Waals surface area contributed by atoms with E-state index in [-0.39, 0.29) is 11.3 Å². The summed E-state index contributed by atoms with van der Waals surface area (Å²) in [4.78, 5) is 17.0. The average Bonchev–Trinajstić information content (AvgIpc) is 3.69. The number of hydrogen-bond donors (Lipinski definition) is 4. The largest absolute Gasteiger partial charge is 0.475 e. The van der Waals surface area contributed by atoms with E-state index in [1.165, 1.54) is 24.3 Å².